The maximum atomic E-state index is 13.8. The lowest BCUT2D eigenvalue weighted by Gasteiger charge is -2.02. The maximum Gasteiger partial charge on any atom is 0.256 e. The molecule has 0 bridgehead atoms. The van der Waals surface area contributed by atoms with Gasteiger partial charge < -0.3 is 5.32 Å². The number of benzene rings is 2. The van der Waals surface area contributed by atoms with Crippen molar-refractivity contribution in [3.05, 3.63) is 63.4 Å². The summed E-state index contributed by atoms with van der Waals surface area (Å²) in [6, 6.07) is 9.44. The van der Waals surface area contributed by atoms with Gasteiger partial charge in [0.2, 0.25) is 0 Å². The van der Waals surface area contributed by atoms with Gasteiger partial charge >= 0.3 is 0 Å². The van der Waals surface area contributed by atoms with Crippen molar-refractivity contribution in [3.8, 4) is 0 Å². The van der Waals surface area contributed by atoms with E-state index in [1.165, 1.54) is 18.2 Å². The van der Waals surface area contributed by atoms with E-state index in [9.17, 15) is 9.18 Å². The van der Waals surface area contributed by atoms with Gasteiger partial charge in [-0.05, 0) is 30.3 Å². The van der Waals surface area contributed by atoms with Crippen LogP contribution in [-0.2, 0) is 4.79 Å². The van der Waals surface area contributed by atoms with Crippen molar-refractivity contribution in [1.82, 2.24) is 0 Å². The molecule has 0 saturated heterocycles. The van der Waals surface area contributed by atoms with Gasteiger partial charge in [-0.3, -0.25) is 4.79 Å². The number of fused-ring (bicyclic) bond motifs is 1. The molecule has 20 heavy (non-hydrogen) atoms. The largest absolute Gasteiger partial charge is 0.321 e. The van der Waals surface area contributed by atoms with Gasteiger partial charge in [-0.2, -0.15) is 0 Å². The fourth-order valence-corrected chi connectivity index (χ4v) is 2.49. The number of carbonyl (C=O) groups is 1. The molecule has 1 aliphatic rings. The second kappa shape index (κ2) is 4.93. The Bertz CT molecular complexity index is 735. The molecule has 1 aliphatic heterocycles. The molecule has 0 atom stereocenters. The third-order valence-corrected chi connectivity index (χ3v) is 3.62. The van der Waals surface area contributed by atoms with Crippen LogP contribution in [0.2, 0.25) is 10.0 Å². The van der Waals surface area contributed by atoms with Crippen molar-refractivity contribution >= 4 is 46.4 Å². The van der Waals surface area contributed by atoms with Gasteiger partial charge in [0.15, 0.2) is 0 Å². The molecule has 5 heteroatoms. The predicted octanol–water partition coefficient (Wildman–Crippen LogP) is 4.63. The Morgan fingerprint density at radius 3 is 2.70 bits per heavy atom. The van der Waals surface area contributed by atoms with Crippen LogP contribution in [0, 0.1) is 5.82 Å². The summed E-state index contributed by atoms with van der Waals surface area (Å²) in [5.74, 6) is -0.776. The highest BCUT2D eigenvalue weighted by Gasteiger charge is 2.24. The summed E-state index contributed by atoms with van der Waals surface area (Å²) in [6.45, 7) is 0. The van der Waals surface area contributed by atoms with Crippen molar-refractivity contribution in [2.75, 3.05) is 5.32 Å². The highest BCUT2D eigenvalue weighted by atomic mass is 35.5. The smallest absolute Gasteiger partial charge is 0.256 e. The molecular formula is C15H8Cl2FNO. The first-order valence-corrected chi connectivity index (χ1v) is 6.59. The molecule has 0 aliphatic carbocycles. The van der Waals surface area contributed by atoms with Crippen LogP contribution < -0.4 is 5.32 Å². The van der Waals surface area contributed by atoms with Gasteiger partial charge in [0.1, 0.15) is 5.82 Å². The van der Waals surface area contributed by atoms with E-state index in [1.54, 1.807) is 24.3 Å². The zero-order valence-corrected chi connectivity index (χ0v) is 11.6. The van der Waals surface area contributed by atoms with Gasteiger partial charge in [0, 0.05) is 21.7 Å². The predicted molar refractivity (Wildman–Crippen MR) is 79.4 cm³/mol. The number of hydrogen-bond donors (Lipinski definition) is 1. The van der Waals surface area contributed by atoms with E-state index in [2.05, 4.69) is 5.32 Å². The third-order valence-electron chi connectivity index (χ3n) is 3.05. The molecule has 3 rings (SSSR count). The lowest BCUT2D eigenvalue weighted by molar-refractivity contribution is -0.110. The molecular weight excluding hydrogens is 300 g/mol. The van der Waals surface area contributed by atoms with E-state index >= 15 is 0 Å². The van der Waals surface area contributed by atoms with Crippen molar-refractivity contribution in [3.63, 3.8) is 0 Å². The lowest BCUT2D eigenvalue weighted by Crippen LogP contribution is -2.03. The average molecular weight is 308 g/mol. The zero-order valence-electron chi connectivity index (χ0n) is 10.1. The van der Waals surface area contributed by atoms with Crippen LogP contribution in [-0.4, -0.2) is 5.91 Å². The van der Waals surface area contributed by atoms with Gasteiger partial charge in [0.05, 0.1) is 10.7 Å². The van der Waals surface area contributed by atoms with Gasteiger partial charge in [-0.15, -0.1) is 0 Å². The van der Waals surface area contributed by atoms with Crippen LogP contribution in [0.15, 0.2) is 36.4 Å². The van der Waals surface area contributed by atoms with E-state index in [4.69, 9.17) is 23.2 Å². The number of anilines is 1. The SMILES string of the molecule is O=C1Nc2cc(Cl)ccc2/C1=C/c1c(F)cccc1Cl. The summed E-state index contributed by atoms with van der Waals surface area (Å²) in [4.78, 5) is 12.0. The Kier molecular flexibility index (Phi) is 3.24. The van der Waals surface area contributed by atoms with Gasteiger partial charge in [0.25, 0.3) is 5.91 Å². The van der Waals surface area contributed by atoms with Gasteiger partial charge in [-0.25, -0.2) is 4.39 Å². The summed E-state index contributed by atoms with van der Waals surface area (Å²) >= 11 is 11.8. The molecule has 0 unspecified atom stereocenters. The minimum absolute atomic E-state index is 0.196. The highest BCUT2D eigenvalue weighted by Crippen LogP contribution is 2.36. The molecule has 2 nitrogen and oxygen atoms in total. The van der Waals surface area contributed by atoms with Crippen molar-refractivity contribution < 1.29 is 9.18 Å². The third kappa shape index (κ3) is 2.19. The van der Waals surface area contributed by atoms with E-state index in [-0.39, 0.29) is 16.5 Å². The topological polar surface area (TPSA) is 29.1 Å². The molecule has 0 aromatic heterocycles. The van der Waals surface area contributed by atoms with E-state index in [0.717, 1.165) is 0 Å². The van der Waals surface area contributed by atoms with E-state index in [0.29, 0.717) is 21.8 Å². The second-order valence-corrected chi connectivity index (χ2v) is 5.18. The Balaban J connectivity index is 2.16. The standard InChI is InChI=1S/C15H8Cl2FNO/c16-8-4-5-9-10(15(20)19-14(9)6-8)7-11-12(17)2-1-3-13(11)18/h1-7H,(H,19,20)/b10-7-. The van der Waals surface area contributed by atoms with Crippen molar-refractivity contribution in [1.29, 1.82) is 0 Å². The van der Waals surface area contributed by atoms with E-state index in [1.807, 2.05) is 0 Å². The minimum atomic E-state index is -0.472. The zero-order chi connectivity index (χ0) is 14.3. The minimum Gasteiger partial charge on any atom is -0.321 e. The first kappa shape index (κ1) is 13.2. The number of amides is 1. The summed E-state index contributed by atoms with van der Waals surface area (Å²) in [6.07, 6.45) is 1.45. The van der Waals surface area contributed by atoms with Crippen LogP contribution in [0.1, 0.15) is 11.1 Å². The van der Waals surface area contributed by atoms with E-state index < -0.39 is 5.82 Å². The molecule has 0 saturated carbocycles. The van der Waals surface area contributed by atoms with Crippen LogP contribution >= 0.6 is 23.2 Å². The number of carbonyl (C=O) groups excluding carboxylic acids is 1. The molecule has 2 aromatic carbocycles. The molecule has 0 fully saturated rings. The number of nitrogens with one attached hydrogen (secondary N) is 1. The number of hydrogen-bond acceptors (Lipinski definition) is 1. The van der Waals surface area contributed by atoms with Gasteiger partial charge in [-0.1, -0.05) is 35.3 Å². The molecule has 0 spiro atoms. The molecule has 1 heterocycles. The summed E-state index contributed by atoms with van der Waals surface area (Å²) < 4.78 is 13.8. The maximum absolute atomic E-state index is 13.8. The molecule has 1 N–H and O–H groups in total. The molecule has 1 amide bonds. The lowest BCUT2D eigenvalue weighted by atomic mass is 10.0. The monoisotopic (exact) mass is 307 g/mol. The first-order valence-electron chi connectivity index (χ1n) is 5.83. The second-order valence-electron chi connectivity index (χ2n) is 4.34. The summed E-state index contributed by atoms with van der Waals surface area (Å²) in [7, 11) is 0. The normalized spacial score (nSPS) is 15.3. The Morgan fingerprint density at radius 1 is 1.15 bits per heavy atom. The first-order chi connectivity index (χ1) is 9.56. The summed E-state index contributed by atoms with van der Waals surface area (Å²) in [5, 5.41) is 3.47. The van der Waals surface area contributed by atoms with Crippen LogP contribution in [0.4, 0.5) is 10.1 Å². The quantitative estimate of drug-likeness (QED) is 0.765. The van der Waals surface area contributed by atoms with Crippen LogP contribution in [0.3, 0.4) is 0 Å². The van der Waals surface area contributed by atoms with Crippen LogP contribution in [0.5, 0.6) is 0 Å². The Morgan fingerprint density at radius 2 is 1.95 bits per heavy atom. The molecule has 0 radical (unpaired) electrons. The van der Waals surface area contributed by atoms with Crippen molar-refractivity contribution in [2.45, 2.75) is 0 Å². The number of rotatable bonds is 1. The fraction of sp³-hybridized carbons (Fsp3) is 0. The molecule has 2 aromatic rings. The van der Waals surface area contributed by atoms with Crippen molar-refractivity contribution in [2.24, 2.45) is 0 Å². The Labute approximate surface area is 124 Å². The fourth-order valence-electron chi connectivity index (χ4n) is 2.10. The summed E-state index contributed by atoms with van der Waals surface area (Å²) in [5.41, 5.74) is 1.85. The van der Waals surface area contributed by atoms with Crippen LogP contribution in [0.25, 0.3) is 11.6 Å². The highest BCUT2D eigenvalue weighted by molar-refractivity contribution is 6.38. The Hall–Kier alpha value is -1.84. The molecule has 100 valence electrons. The number of halogens is 3. The average Bonchev–Trinajstić information content (AvgIpc) is 2.69.